The molecule has 1 nitrogen and oxygen atoms in total. The number of rotatable bonds is 2. The molecule has 21 heavy (non-hydrogen) atoms. The van der Waals surface area contributed by atoms with Gasteiger partial charge in [-0.25, -0.2) is 0 Å². The van der Waals surface area contributed by atoms with E-state index in [1.807, 2.05) is 36.4 Å². The third-order valence-electron chi connectivity index (χ3n) is 4.01. The van der Waals surface area contributed by atoms with Crippen LogP contribution in [0.5, 0.6) is 0 Å². The Morgan fingerprint density at radius 3 is 2.52 bits per heavy atom. The van der Waals surface area contributed by atoms with Crippen molar-refractivity contribution in [2.75, 3.05) is 6.98 Å². The van der Waals surface area contributed by atoms with Crippen LogP contribution in [0.25, 0.3) is 0 Å². The number of halogens is 3. The molecule has 0 saturated carbocycles. The highest BCUT2D eigenvalue weighted by Crippen LogP contribution is 2.42. The van der Waals surface area contributed by atoms with Gasteiger partial charge in [-0.3, -0.25) is 0 Å². The van der Waals surface area contributed by atoms with Crippen LogP contribution in [0.1, 0.15) is 45.6 Å². The van der Waals surface area contributed by atoms with Gasteiger partial charge in [0.25, 0.3) is 0 Å². The van der Waals surface area contributed by atoms with Gasteiger partial charge in [0.1, 0.15) is 0 Å². The largest absolute Gasteiger partial charge is 0.313 e. The predicted octanol–water partition coefficient (Wildman–Crippen LogP) is 5.60. The van der Waals surface area contributed by atoms with Crippen molar-refractivity contribution in [2.24, 2.45) is 0 Å². The molecule has 112 valence electrons. The Morgan fingerprint density at radius 1 is 1.05 bits per heavy atom. The monoisotopic (exact) mass is 346 g/mol. The Balaban J connectivity index is 0.00000208. The Morgan fingerprint density at radius 2 is 1.81 bits per heavy atom. The highest BCUT2D eigenvalue weighted by molar-refractivity contribution is 6.42. The van der Waals surface area contributed by atoms with Gasteiger partial charge in [-0.15, -0.1) is 12.4 Å². The van der Waals surface area contributed by atoms with Crippen molar-refractivity contribution in [1.82, 2.24) is 5.32 Å². The van der Waals surface area contributed by atoms with E-state index in [-0.39, 0.29) is 24.4 Å². The van der Waals surface area contributed by atoms with Gasteiger partial charge in [-0.05, 0) is 48.6 Å². The smallest absolute Gasteiger partial charge is 0.0595 e. The Hall–Kier alpha value is -0.730. The summed E-state index contributed by atoms with van der Waals surface area (Å²) in [5, 5.41) is 3.85. The fraction of sp³-hybridized carbons (Fsp3) is 0.294. The molecule has 0 amide bonds. The standard InChI is InChI=1S/C17H17Cl2N.ClH/c1-20-17-9-7-12(13-4-2-3-5-14(13)17)11-6-8-15(18)16(19)10-11;/h2-6,8,10,12,17,20H,7,9H2,1H3;1H/t12-,17-;/m0./s1/i1+1D3,20+1;. The second-order valence-electron chi connectivity index (χ2n) is 5.13. The van der Waals surface area contributed by atoms with E-state index in [9.17, 15) is 0 Å². The number of hydrogen-bond donors (Lipinski definition) is 1. The van der Waals surface area contributed by atoms with Crippen molar-refractivity contribution in [3.8, 4) is 0 Å². The molecule has 1 aliphatic carbocycles. The maximum absolute atomic E-state index is 7.47. The van der Waals surface area contributed by atoms with Gasteiger partial charge < -0.3 is 5.32 Å². The molecule has 0 bridgehead atoms. The zero-order valence-corrected chi connectivity index (χ0v) is 13.6. The SMILES string of the molecule is Cl.[2H][13C]([2H])([2H])[15NH][C@H]1CC[C@@H](c2ccc(Cl)c(Cl)c2)c2ccccc21. The lowest BCUT2D eigenvalue weighted by Gasteiger charge is -2.32. The molecule has 2 atom stereocenters. The first kappa shape index (κ1) is 12.8. The van der Waals surface area contributed by atoms with E-state index in [1.165, 1.54) is 0 Å². The predicted molar refractivity (Wildman–Crippen MR) is 93.0 cm³/mol. The molecule has 0 fully saturated rings. The normalized spacial score (nSPS) is 23.2. The second-order valence-corrected chi connectivity index (χ2v) is 5.94. The maximum atomic E-state index is 7.47. The van der Waals surface area contributed by atoms with Crippen molar-refractivity contribution in [3.63, 3.8) is 0 Å². The highest BCUT2D eigenvalue weighted by Gasteiger charge is 2.27. The number of nitrogens with one attached hydrogen (secondary N) is 1. The van der Waals surface area contributed by atoms with Crippen LogP contribution < -0.4 is 5.32 Å². The summed E-state index contributed by atoms with van der Waals surface area (Å²) in [7, 11) is 0. The van der Waals surface area contributed by atoms with Crippen LogP contribution in [0.3, 0.4) is 0 Å². The molecule has 0 unspecified atom stereocenters. The molecule has 0 saturated heterocycles. The van der Waals surface area contributed by atoms with E-state index in [1.54, 1.807) is 0 Å². The molecule has 0 heterocycles. The Bertz CT molecular complexity index is 718. The first-order valence-corrected chi connectivity index (χ1v) is 7.42. The van der Waals surface area contributed by atoms with Gasteiger partial charge in [0.2, 0.25) is 0 Å². The van der Waals surface area contributed by atoms with E-state index in [4.69, 9.17) is 27.3 Å². The summed E-state index contributed by atoms with van der Waals surface area (Å²) in [6, 6.07) is 13.6. The lowest BCUT2D eigenvalue weighted by Crippen LogP contribution is -2.24. The third-order valence-corrected chi connectivity index (χ3v) is 4.75. The van der Waals surface area contributed by atoms with Crippen LogP contribution in [0.15, 0.2) is 42.5 Å². The molecule has 0 aliphatic heterocycles. The van der Waals surface area contributed by atoms with Crippen molar-refractivity contribution >= 4 is 35.6 Å². The van der Waals surface area contributed by atoms with E-state index >= 15 is 0 Å². The summed E-state index contributed by atoms with van der Waals surface area (Å²) < 4.78 is 22.4. The van der Waals surface area contributed by atoms with E-state index in [2.05, 4.69) is 11.4 Å². The van der Waals surface area contributed by atoms with Crippen molar-refractivity contribution in [3.05, 3.63) is 69.2 Å². The van der Waals surface area contributed by atoms with Gasteiger partial charge in [-0.2, -0.15) is 0 Å². The molecule has 2 aromatic carbocycles. The first-order valence-electron chi connectivity index (χ1n) is 8.16. The summed E-state index contributed by atoms with van der Waals surface area (Å²) in [5.74, 6) is 0.204. The molecule has 2 aromatic rings. The average Bonchev–Trinajstić information content (AvgIpc) is 2.49. The maximum Gasteiger partial charge on any atom is 0.0595 e. The van der Waals surface area contributed by atoms with Crippen LogP contribution in [0.2, 0.25) is 10.0 Å². The van der Waals surface area contributed by atoms with Crippen molar-refractivity contribution in [2.45, 2.75) is 24.8 Å². The molecule has 3 rings (SSSR count). The zero-order valence-electron chi connectivity index (χ0n) is 14.3. The fourth-order valence-electron chi connectivity index (χ4n) is 3.02. The van der Waals surface area contributed by atoms with Crippen molar-refractivity contribution in [1.29, 1.82) is 0 Å². The first-order chi connectivity index (χ1) is 10.8. The summed E-state index contributed by atoms with van der Waals surface area (Å²) in [6.45, 7) is -2.14. The minimum absolute atomic E-state index is 0. The van der Waals surface area contributed by atoms with E-state index in [0.717, 1.165) is 29.5 Å². The quantitative estimate of drug-likeness (QED) is 0.550. The third kappa shape index (κ3) is 3.22. The lowest BCUT2D eigenvalue weighted by molar-refractivity contribution is 0.471. The summed E-state index contributed by atoms with van der Waals surface area (Å²) in [5.41, 5.74) is 3.31. The van der Waals surface area contributed by atoms with Crippen LogP contribution >= 0.6 is 35.6 Å². The number of benzene rings is 2. The van der Waals surface area contributed by atoms with Crippen LogP contribution in [-0.2, 0) is 0 Å². The topological polar surface area (TPSA) is 12.0 Å². The fourth-order valence-corrected chi connectivity index (χ4v) is 3.32. The van der Waals surface area contributed by atoms with Gasteiger partial charge in [0.05, 0.1) is 10.0 Å². The Labute approximate surface area is 146 Å². The zero-order chi connectivity index (χ0) is 16.6. The Kier molecular flexibility index (Phi) is 4.27. The second kappa shape index (κ2) is 7.02. The molecule has 0 radical (unpaired) electrons. The van der Waals surface area contributed by atoms with Gasteiger partial charge in [0, 0.05) is 16.1 Å². The molecule has 4 heteroatoms. The minimum Gasteiger partial charge on any atom is -0.313 e. The minimum atomic E-state index is -2.14. The molecule has 0 aromatic heterocycles. The molecule has 0 spiro atoms. The van der Waals surface area contributed by atoms with E-state index < -0.39 is 6.98 Å². The lowest BCUT2D eigenvalue weighted by atomic mass is 9.77. The number of fused-ring (bicyclic) bond motifs is 1. The summed E-state index contributed by atoms with van der Waals surface area (Å²) in [4.78, 5) is 0. The summed E-state index contributed by atoms with van der Waals surface area (Å²) in [6.07, 6.45) is 1.63. The van der Waals surface area contributed by atoms with Crippen molar-refractivity contribution < 1.29 is 4.11 Å². The molecule has 1 N–H and O–H groups in total. The average molecular weight is 348 g/mol. The van der Waals surface area contributed by atoms with Crippen LogP contribution in [0, 0.1) is 0 Å². The van der Waals surface area contributed by atoms with Crippen LogP contribution in [-0.4, -0.2) is 6.98 Å². The highest BCUT2D eigenvalue weighted by atomic mass is 35.5. The molecular formula is C17H18Cl3N. The molecular weight excluding hydrogens is 327 g/mol. The van der Waals surface area contributed by atoms with Gasteiger partial charge in [0.15, 0.2) is 0 Å². The summed E-state index contributed by atoms with van der Waals surface area (Å²) >= 11 is 12.2. The van der Waals surface area contributed by atoms with Gasteiger partial charge >= 0.3 is 0 Å². The van der Waals surface area contributed by atoms with E-state index in [0.29, 0.717) is 10.0 Å². The van der Waals surface area contributed by atoms with Crippen LogP contribution in [0.4, 0.5) is 0 Å². The van der Waals surface area contributed by atoms with Gasteiger partial charge in [-0.1, -0.05) is 53.5 Å². The number of hydrogen-bond acceptors (Lipinski definition) is 1. The molecule has 1 aliphatic rings.